The van der Waals surface area contributed by atoms with Gasteiger partial charge >= 0.3 is 0 Å². The molecule has 0 aliphatic rings. The lowest BCUT2D eigenvalue weighted by molar-refractivity contribution is 0.00359. The van der Waals surface area contributed by atoms with Crippen LogP contribution in [0.15, 0.2) is 18.3 Å². The smallest absolute Gasteiger partial charge is 0.140 e. The number of hydrogen-bond donors (Lipinski definition) is 1. The number of aliphatic hydroxyl groups excluding tert-OH is 1. The van der Waals surface area contributed by atoms with E-state index in [0.29, 0.717) is 57.7 Å². The van der Waals surface area contributed by atoms with Gasteiger partial charge < -0.3 is 24.1 Å². The van der Waals surface area contributed by atoms with E-state index in [2.05, 4.69) is 4.98 Å². The Balaban J connectivity index is 1.89. The van der Waals surface area contributed by atoms with Crippen LogP contribution in [0, 0.1) is 11.3 Å². The number of pyridine rings is 1. The first kappa shape index (κ1) is 17.3. The third-order valence-corrected chi connectivity index (χ3v) is 2.33. The molecular formula is C14H20N2O5. The van der Waals surface area contributed by atoms with E-state index in [4.69, 9.17) is 29.3 Å². The van der Waals surface area contributed by atoms with Crippen molar-refractivity contribution in [2.24, 2.45) is 0 Å². The molecule has 0 bridgehead atoms. The minimum Gasteiger partial charge on any atom is -0.490 e. The monoisotopic (exact) mass is 296 g/mol. The van der Waals surface area contributed by atoms with Crippen molar-refractivity contribution in [2.75, 3.05) is 52.9 Å². The number of aliphatic hydroxyl groups is 1. The second-order valence-electron chi connectivity index (χ2n) is 3.90. The van der Waals surface area contributed by atoms with E-state index < -0.39 is 0 Å². The molecule has 1 aromatic heterocycles. The topological polar surface area (TPSA) is 93.8 Å². The molecule has 0 aliphatic heterocycles. The Labute approximate surface area is 124 Å². The molecule has 1 N–H and O–H groups in total. The third kappa shape index (κ3) is 8.94. The molecule has 0 spiro atoms. The van der Waals surface area contributed by atoms with Crippen LogP contribution in [-0.4, -0.2) is 62.9 Å². The summed E-state index contributed by atoms with van der Waals surface area (Å²) in [5.41, 5.74) is 0.360. The van der Waals surface area contributed by atoms with Gasteiger partial charge in [-0.25, -0.2) is 4.98 Å². The molecule has 0 unspecified atom stereocenters. The lowest BCUT2D eigenvalue weighted by atomic mass is 10.4. The quantitative estimate of drug-likeness (QED) is 0.557. The molecule has 0 saturated heterocycles. The molecule has 0 amide bonds. The molecule has 1 rings (SSSR count). The highest BCUT2D eigenvalue weighted by molar-refractivity contribution is 5.26. The van der Waals surface area contributed by atoms with Gasteiger partial charge in [-0.3, -0.25) is 0 Å². The first-order valence-corrected chi connectivity index (χ1v) is 6.70. The molecule has 7 heteroatoms. The number of rotatable bonds is 12. The molecule has 7 nitrogen and oxygen atoms in total. The van der Waals surface area contributed by atoms with Gasteiger partial charge in [-0.15, -0.1) is 0 Å². The fourth-order valence-corrected chi connectivity index (χ4v) is 1.36. The summed E-state index contributed by atoms with van der Waals surface area (Å²) >= 11 is 0. The highest BCUT2D eigenvalue weighted by Crippen LogP contribution is 2.08. The summed E-state index contributed by atoms with van der Waals surface area (Å²) in [6, 6.07) is 5.24. The summed E-state index contributed by atoms with van der Waals surface area (Å²) in [4.78, 5) is 3.89. The number of aromatic nitrogens is 1. The maximum atomic E-state index is 8.60. The molecule has 0 aromatic carbocycles. The Morgan fingerprint density at radius 2 is 1.57 bits per heavy atom. The van der Waals surface area contributed by atoms with Gasteiger partial charge in [-0.1, -0.05) is 0 Å². The summed E-state index contributed by atoms with van der Waals surface area (Å²) < 4.78 is 21.0. The Hall–Kier alpha value is -1.72. The van der Waals surface area contributed by atoms with Crippen LogP contribution >= 0.6 is 0 Å². The molecule has 116 valence electrons. The molecule has 0 radical (unpaired) electrons. The van der Waals surface area contributed by atoms with E-state index in [1.165, 1.54) is 6.20 Å². The molecule has 1 aromatic rings. The predicted molar refractivity (Wildman–Crippen MR) is 74.0 cm³/mol. The van der Waals surface area contributed by atoms with Crippen molar-refractivity contribution in [3.05, 3.63) is 24.0 Å². The second kappa shape index (κ2) is 12.1. The summed E-state index contributed by atoms with van der Waals surface area (Å²) in [5.74, 6) is 0.606. The van der Waals surface area contributed by atoms with E-state index in [1.54, 1.807) is 12.1 Å². The molecule has 1 heterocycles. The van der Waals surface area contributed by atoms with Crippen LogP contribution in [0.4, 0.5) is 0 Å². The van der Waals surface area contributed by atoms with Gasteiger partial charge in [0.25, 0.3) is 0 Å². The van der Waals surface area contributed by atoms with Gasteiger partial charge in [0.2, 0.25) is 0 Å². The highest BCUT2D eigenvalue weighted by atomic mass is 16.6. The normalized spacial score (nSPS) is 10.3. The van der Waals surface area contributed by atoms with Gasteiger partial charge in [0.15, 0.2) is 0 Å². The second-order valence-corrected chi connectivity index (χ2v) is 3.90. The molecule has 21 heavy (non-hydrogen) atoms. The Morgan fingerprint density at radius 1 is 0.952 bits per heavy atom. The number of nitriles is 1. The zero-order valence-electron chi connectivity index (χ0n) is 11.9. The maximum absolute atomic E-state index is 8.60. The third-order valence-electron chi connectivity index (χ3n) is 2.33. The van der Waals surface area contributed by atoms with Gasteiger partial charge in [0, 0.05) is 0 Å². The Morgan fingerprint density at radius 3 is 2.10 bits per heavy atom. The molecule has 0 saturated carbocycles. The van der Waals surface area contributed by atoms with Crippen LogP contribution in [0.5, 0.6) is 5.75 Å². The van der Waals surface area contributed by atoms with Gasteiger partial charge in [0.1, 0.15) is 24.1 Å². The zero-order valence-corrected chi connectivity index (χ0v) is 11.9. The first-order valence-electron chi connectivity index (χ1n) is 6.70. The average Bonchev–Trinajstić information content (AvgIpc) is 2.53. The Bertz CT molecular complexity index is 405. The van der Waals surface area contributed by atoms with Crippen LogP contribution in [-0.2, 0) is 14.2 Å². The van der Waals surface area contributed by atoms with Crippen LogP contribution in [0.25, 0.3) is 0 Å². The van der Waals surface area contributed by atoms with E-state index in [-0.39, 0.29) is 6.61 Å². The highest BCUT2D eigenvalue weighted by Gasteiger charge is 1.96. The molecule has 0 fully saturated rings. The summed E-state index contributed by atoms with van der Waals surface area (Å²) in [6.07, 6.45) is 1.51. The predicted octanol–water partition coefficient (Wildman–Crippen LogP) is 0.374. The fourth-order valence-electron chi connectivity index (χ4n) is 1.36. The minimum absolute atomic E-state index is 0.0257. The zero-order chi connectivity index (χ0) is 15.2. The largest absolute Gasteiger partial charge is 0.490 e. The van der Waals surface area contributed by atoms with Crippen LogP contribution in [0.1, 0.15) is 5.69 Å². The van der Waals surface area contributed by atoms with Crippen molar-refractivity contribution in [3.63, 3.8) is 0 Å². The lowest BCUT2D eigenvalue weighted by Crippen LogP contribution is -2.13. The van der Waals surface area contributed by atoms with Crippen LogP contribution in [0.2, 0.25) is 0 Å². The first-order chi connectivity index (χ1) is 10.4. The van der Waals surface area contributed by atoms with Gasteiger partial charge in [0.05, 0.1) is 52.4 Å². The minimum atomic E-state index is 0.0257. The van der Waals surface area contributed by atoms with Crippen LogP contribution in [0.3, 0.4) is 0 Å². The van der Waals surface area contributed by atoms with E-state index in [1.807, 2.05) is 6.07 Å². The van der Waals surface area contributed by atoms with Crippen molar-refractivity contribution in [1.29, 1.82) is 5.26 Å². The summed E-state index contributed by atoms with van der Waals surface area (Å²) in [7, 11) is 0. The van der Waals surface area contributed by atoms with E-state index in [9.17, 15) is 0 Å². The van der Waals surface area contributed by atoms with Crippen molar-refractivity contribution < 1.29 is 24.1 Å². The van der Waals surface area contributed by atoms with E-state index in [0.717, 1.165) is 0 Å². The van der Waals surface area contributed by atoms with E-state index >= 15 is 0 Å². The van der Waals surface area contributed by atoms with Crippen molar-refractivity contribution in [1.82, 2.24) is 4.98 Å². The SMILES string of the molecule is N#Cc1ccc(OCCOCCOCCOCCO)cn1. The van der Waals surface area contributed by atoms with Crippen molar-refractivity contribution >= 4 is 0 Å². The van der Waals surface area contributed by atoms with Crippen LogP contribution < -0.4 is 4.74 Å². The number of nitrogens with zero attached hydrogens (tertiary/aromatic N) is 2. The number of ether oxygens (including phenoxy) is 4. The maximum Gasteiger partial charge on any atom is 0.140 e. The molecule has 0 atom stereocenters. The van der Waals surface area contributed by atoms with Gasteiger partial charge in [-0.2, -0.15) is 5.26 Å². The summed E-state index contributed by atoms with van der Waals surface area (Å²) in [6.45, 7) is 3.14. The number of hydrogen-bond acceptors (Lipinski definition) is 7. The van der Waals surface area contributed by atoms with Crippen molar-refractivity contribution in [2.45, 2.75) is 0 Å². The molecule has 0 aliphatic carbocycles. The lowest BCUT2D eigenvalue weighted by Gasteiger charge is -2.07. The fraction of sp³-hybridized carbons (Fsp3) is 0.571. The van der Waals surface area contributed by atoms with Crippen molar-refractivity contribution in [3.8, 4) is 11.8 Å². The average molecular weight is 296 g/mol. The summed E-state index contributed by atoms with van der Waals surface area (Å²) in [5, 5.41) is 17.1. The standard InChI is InChI=1S/C14H20N2O5/c15-11-13-1-2-14(12-16-13)21-10-9-20-8-7-19-6-5-18-4-3-17/h1-2,12,17H,3-10H2. The molecular weight excluding hydrogens is 276 g/mol. The van der Waals surface area contributed by atoms with Gasteiger partial charge in [-0.05, 0) is 12.1 Å². The Kier molecular flexibility index (Phi) is 9.95.